The van der Waals surface area contributed by atoms with E-state index in [0.717, 1.165) is 38.7 Å². The summed E-state index contributed by atoms with van der Waals surface area (Å²) in [5.74, 6) is 0.925. The van der Waals surface area contributed by atoms with Gasteiger partial charge in [0.2, 0.25) is 5.71 Å². The molecule has 0 spiro atoms. The second kappa shape index (κ2) is 13.3. The molecule has 4 aromatic heterocycles. The molecule has 2 aromatic carbocycles. The number of nitrogens with zero attached hydrogens (tertiary/aromatic N) is 2. The van der Waals surface area contributed by atoms with Gasteiger partial charge in [0, 0.05) is 58.4 Å². The van der Waals surface area contributed by atoms with Gasteiger partial charge in [-0.15, -0.1) is 29.5 Å². The molecule has 6 rings (SSSR count). The van der Waals surface area contributed by atoms with Crippen molar-refractivity contribution in [3.05, 3.63) is 95.5 Å². The maximum absolute atomic E-state index is 10.0. The van der Waals surface area contributed by atoms with E-state index >= 15 is 0 Å². The van der Waals surface area contributed by atoms with E-state index in [4.69, 9.17) is 14.5 Å². The molecule has 0 bridgehead atoms. The Balaban J connectivity index is 0.000000475. The van der Waals surface area contributed by atoms with Crippen LogP contribution in [0.1, 0.15) is 70.2 Å². The van der Waals surface area contributed by atoms with Crippen molar-refractivity contribution in [3.8, 4) is 21.7 Å². The average Bonchev–Trinajstić information content (AvgIpc) is 3.53. The number of ketones is 1. The molecular weight excluding hydrogens is 733 g/mol. The number of carbonyl (C=O) groups is 1. The summed E-state index contributed by atoms with van der Waals surface area (Å²) < 4.78 is 7.41. The number of fused-ring (bicyclic) bond motifs is 4. The fourth-order valence-corrected chi connectivity index (χ4v) is 5.96. The van der Waals surface area contributed by atoms with Gasteiger partial charge >= 0.3 is 0 Å². The predicted molar refractivity (Wildman–Crippen MR) is 174 cm³/mol. The van der Waals surface area contributed by atoms with Crippen LogP contribution in [0, 0.1) is 13.0 Å². The first kappa shape index (κ1) is 32.3. The fraction of sp³-hybridized carbons (Fsp3) is 0.250. The van der Waals surface area contributed by atoms with Crippen molar-refractivity contribution in [1.29, 1.82) is 0 Å². The number of carbonyl (C=O) groups excluding carboxylic acids is 1. The number of benzene rings is 2. The van der Waals surface area contributed by atoms with Crippen molar-refractivity contribution in [2.75, 3.05) is 0 Å². The molecule has 0 unspecified atom stereocenters. The van der Waals surface area contributed by atoms with Crippen LogP contribution in [0.15, 0.2) is 77.0 Å². The zero-order valence-corrected chi connectivity index (χ0v) is 28.6. The minimum atomic E-state index is -0.125. The molecule has 5 nitrogen and oxygen atoms in total. The van der Waals surface area contributed by atoms with Gasteiger partial charge in [-0.1, -0.05) is 62.9 Å². The van der Waals surface area contributed by atoms with Crippen LogP contribution in [0.3, 0.4) is 0 Å². The van der Waals surface area contributed by atoms with Crippen LogP contribution in [0.4, 0.5) is 0 Å². The van der Waals surface area contributed by atoms with Crippen LogP contribution in [-0.2, 0) is 24.9 Å². The van der Waals surface area contributed by atoms with Gasteiger partial charge in [0.05, 0.1) is 11.3 Å². The third-order valence-corrected chi connectivity index (χ3v) is 8.25. The van der Waals surface area contributed by atoms with E-state index in [1.807, 2.05) is 42.7 Å². The quantitative estimate of drug-likeness (QED) is 0.107. The molecule has 1 radical (unpaired) electrons. The van der Waals surface area contributed by atoms with Gasteiger partial charge in [-0.05, 0) is 73.2 Å². The smallest absolute Gasteiger partial charge is 0.216 e. The summed E-state index contributed by atoms with van der Waals surface area (Å²) in [5.41, 5.74) is 8.19. The van der Waals surface area contributed by atoms with Gasteiger partial charge in [-0.25, -0.2) is 4.98 Å². The number of aliphatic hydroxyl groups is 1. The van der Waals surface area contributed by atoms with Crippen molar-refractivity contribution in [3.63, 3.8) is 0 Å². The number of pyridine rings is 2. The number of aliphatic hydroxyl groups excluding tert-OH is 1. The molecule has 0 amide bonds. The zero-order valence-electron chi connectivity index (χ0n) is 25.4. The summed E-state index contributed by atoms with van der Waals surface area (Å²) in [4.78, 5) is 20.7. The molecule has 0 aliphatic rings. The Kier molecular flexibility index (Phi) is 10.0. The van der Waals surface area contributed by atoms with Crippen LogP contribution in [0.25, 0.3) is 53.9 Å². The van der Waals surface area contributed by atoms with Crippen LogP contribution >= 0.6 is 11.3 Å². The number of hydrogen-bond donors (Lipinski definition) is 1. The topological polar surface area (TPSA) is 76.2 Å². The average molecular weight is 768 g/mol. The van der Waals surface area contributed by atoms with Crippen molar-refractivity contribution in [2.24, 2.45) is 0 Å². The molecule has 6 aromatic rings. The van der Waals surface area contributed by atoms with Gasteiger partial charge in [0.15, 0.2) is 5.78 Å². The number of hydrogen-bond acceptors (Lipinski definition) is 6. The number of furan rings is 1. The monoisotopic (exact) mass is 768 g/mol. The van der Waals surface area contributed by atoms with Crippen LogP contribution in [0.5, 0.6) is 0 Å². The molecular formula is C36H35IrN2O3S-. The Bertz CT molecular complexity index is 1940. The van der Waals surface area contributed by atoms with E-state index in [9.17, 15) is 4.79 Å². The van der Waals surface area contributed by atoms with Gasteiger partial charge in [0.1, 0.15) is 0 Å². The number of aryl methyl sites for hydroxylation is 1. The first-order chi connectivity index (χ1) is 20.0. The van der Waals surface area contributed by atoms with Crippen molar-refractivity contribution >= 4 is 49.3 Å². The molecule has 0 aliphatic carbocycles. The van der Waals surface area contributed by atoms with E-state index in [1.54, 1.807) is 0 Å². The SMILES string of the molecule is CC(=O)/C=C(/C)O.Cc1ccc2c(n1)oc1c(-c3cc4sc(-c5cc(C(C)C)cc(C(C)C)c5)cc4cn3)[c-]ccc12.[Ir]. The summed E-state index contributed by atoms with van der Waals surface area (Å²) in [6, 6.07) is 22.9. The van der Waals surface area contributed by atoms with E-state index in [2.05, 4.69) is 75.1 Å². The summed E-state index contributed by atoms with van der Waals surface area (Å²) >= 11 is 1.82. The second-order valence-corrected chi connectivity index (χ2v) is 12.4. The molecule has 4 heterocycles. The van der Waals surface area contributed by atoms with E-state index < -0.39 is 0 Å². The maximum Gasteiger partial charge on any atom is 0.216 e. The third kappa shape index (κ3) is 7.13. The van der Waals surface area contributed by atoms with Crippen molar-refractivity contribution in [2.45, 2.75) is 60.3 Å². The van der Waals surface area contributed by atoms with Crippen molar-refractivity contribution in [1.82, 2.24) is 9.97 Å². The molecule has 1 N–H and O–H groups in total. The summed E-state index contributed by atoms with van der Waals surface area (Å²) in [7, 11) is 0. The van der Waals surface area contributed by atoms with E-state index in [0.29, 0.717) is 17.5 Å². The molecule has 0 aliphatic heterocycles. The first-order valence-corrected chi connectivity index (χ1v) is 15.0. The number of thiophene rings is 1. The molecule has 0 saturated heterocycles. The first-order valence-electron chi connectivity index (χ1n) is 14.1. The number of rotatable bonds is 5. The Morgan fingerprint density at radius 2 is 1.67 bits per heavy atom. The Morgan fingerprint density at radius 3 is 2.28 bits per heavy atom. The van der Waals surface area contributed by atoms with Gasteiger partial charge in [0.25, 0.3) is 0 Å². The van der Waals surface area contributed by atoms with Gasteiger partial charge < -0.3 is 14.5 Å². The van der Waals surface area contributed by atoms with Crippen LogP contribution < -0.4 is 0 Å². The molecule has 0 atom stereocenters. The Labute approximate surface area is 270 Å². The number of allylic oxidation sites excluding steroid dienone is 2. The largest absolute Gasteiger partial charge is 0.512 e. The maximum atomic E-state index is 10.0. The Morgan fingerprint density at radius 1 is 0.977 bits per heavy atom. The third-order valence-electron chi connectivity index (χ3n) is 7.10. The minimum absolute atomic E-state index is 0. The molecule has 223 valence electrons. The summed E-state index contributed by atoms with van der Waals surface area (Å²) in [6.45, 7) is 13.9. The summed E-state index contributed by atoms with van der Waals surface area (Å²) in [5, 5.41) is 11.6. The normalized spacial score (nSPS) is 11.7. The molecule has 0 saturated carbocycles. The molecule has 43 heavy (non-hydrogen) atoms. The minimum Gasteiger partial charge on any atom is -0.512 e. The number of aromatic nitrogens is 2. The zero-order chi connectivity index (χ0) is 30.1. The standard InChI is InChI=1S/C31H27N2OS.C5H8O2.Ir/c1-17(2)20-11-21(18(3)4)13-22(12-20)28-14-23-16-32-27(15-29(23)35-28)26-8-6-7-24-25-10-9-19(5)33-31(25)34-30(24)26;1-4(6)3-5(2)7;/h6-7,9-18H,1-5H3;3,6H,1-2H3;/q-1;;/b;4-3-;. The molecule has 0 fully saturated rings. The van der Waals surface area contributed by atoms with Gasteiger partial charge in [-0.3, -0.25) is 4.79 Å². The fourth-order valence-electron chi connectivity index (χ4n) is 4.90. The second-order valence-electron chi connectivity index (χ2n) is 11.3. The van der Waals surface area contributed by atoms with Crippen LogP contribution in [-0.4, -0.2) is 20.9 Å². The summed E-state index contributed by atoms with van der Waals surface area (Å²) in [6.07, 6.45) is 3.14. The van der Waals surface area contributed by atoms with E-state index in [1.165, 1.54) is 46.2 Å². The van der Waals surface area contributed by atoms with Crippen LogP contribution in [0.2, 0.25) is 0 Å². The van der Waals surface area contributed by atoms with Gasteiger partial charge in [-0.2, -0.15) is 0 Å². The molecule has 7 heteroatoms. The predicted octanol–water partition coefficient (Wildman–Crippen LogP) is 10.3. The Hall–Kier alpha value is -3.64. The van der Waals surface area contributed by atoms with Crippen molar-refractivity contribution < 1.29 is 34.4 Å². The van der Waals surface area contributed by atoms with E-state index in [-0.39, 0.29) is 31.6 Å².